The van der Waals surface area contributed by atoms with Crippen LogP contribution in [0.5, 0.6) is 5.75 Å². The molecule has 0 radical (unpaired) electrons. The number of H-pyrrole nitrogens is 1. The van der Waals surface area contributed by atoms with Crippen LogP contribution in [0, 0.1) is 0 Å². The third-order valence-corrected chi connectivity index (χ3v) is 9.73. The molecule has 17 heteroatoms. The molecule has 5 rings (SSSR count). The Balaban J connectivity index is 0.00000562. The van der Waals surface area contributed by atoms with E-state index in [2.05, 4.69) is 26.3 Å². The summed E-state index contributed by atoms with van der Waals surface area (Å²) in [6, 6.07) is 10.2. The number of carbonyl (C=O) groups is 6. The average molecular weight is 713 g/mol. The maximum atomic E-state index is 13.6. The van der Waals surface area contributed by atoms with Crippen LogP contribution in [0.3, 0.4) is 0 Å². The van der Waals surface area contributed by atoms with Gasteiger partial charge >= 0.3 is 29.6 Å². The van der Waals surface area contributed by atoms with Crippen LogP contribution in [0.25, 0.3) is 11.3 Å². The van der Waals surface area contributed by atoms with Crippen molar-refractivity contribution < 1.29 is 68.5 Å². The van der Waals surface area contributed by atoms with Crippen molar-refractivity contribution >= 4 is 53.0 Å². The van der Waals surface area contributed by atoms with Crippen LogP contribution < -0.4 is 61.5 Å². The third kappa shape index (κ3) is 7.88. The minimum absolute atomic E-state index is 0. The summed E-state index contributed by atoms with van der Waals surface area (Å²) in [6.45, 7) is 6.18. The number of aromatic nitrogens is 1. The molecular weight excluding hydrogens is 679 g/mol. The summed E-state index contributed by atoms with van der Waals surface area (Å²) < 4.78 is -0.873. The zero-order chi connectivity index (χ0) is 35.8. The maximum absolute atomic E-state index is 13.6. The number of β-lactam (4-membered cyclic amide) rings is 1. The number of aliphatic carboxylic acids is 1. The third-order valence-electron chi connectivity index (χ3n) is 8.16. The Bertz CT molecular complexity index is 1900. The van der Waals surface area contributed by atoms with E-state index in [0.717, 1.165) is 0 Å². The number of hydrogen-bond acceptors (Lipinski definition) is 10. The second-order valence-corrected chi connectivity index (χ2v) is 13.9. The van der Waals surface area contributed by atoms with Crippen molar-refractivity contribution in [2.24, 2.45) is 0 Å². The Labute approximate surface area is 312 Å². The fourth-order valence-electron chi connectivity index (χ4n) is 5.71. The number of phenolic OH excluding ortho intramolecular Hbond substituents is 1. The number of phenols is 1. The first kappa shape index (κ1) is 38.2. The molecule has 256 valence electrons. The number of pyridine rings is 1. The van der Waals surface area contributed by atoms with Crippen molar-refractivity contribution in [3.8, 4) is 17.0 Å². The molecule has 15 nitrogen and oxygen atoms in total. The van der Waals surface area contributed by atoms with E-state index in [1.165, 1.54) is 60.0 Å². The molecule has 0 saturated carbocycles. The molecule has 2 fully saturated rings. The fourth-order valence-corrected chi connectivity index (χ4v) is 7.33. The van der Waals surface area contributed by atoms with Crippen molar-refractivity contribution in [1.29, 1.82) is 0 Å². The van der Waals surface area contributed by atoms with Crippen LogP contribution in [0.1, 0.15) is 49.7 Å². The summed E-state index contributed by atoms with van der Waals surface area (Å²) in [5, 5.41) is 31.2. The van der Waals surface area contributed by atoms with E-state index in [9.17, 15) is 43.8 Å². The number of rotatable bonds is 10. The van der Waals surface area contributed by atoms with Gasteiger partial charge in [-0.1, -0.05) is 24.3 Å². The molecule has 5 atom stereocenters. The number of carboxylic acid groups (broad SMARTS) is 1. The summed E-state index contributed by atoms with van der Waals surface area (Å²) >= 11 is 1.21. The zero-order valence-electron chi connectivity index (χ0n) is 27.7. The van der Waals surface area contributed by atoms with Gasteiger partial charge in [0.05, 0.1) is 12.0 Å². The van der Waals surface area contributed by atoms with E-state index in [-0.39, 0.29) is 52.3 Å². The molecule has 2 aromatic carbocycles. The normalized spacial score (nSPS) is 19.8. The van der Waals surface area contributed by atoms with Gasteiger partial charge in [-0.3, -0.25) is 28.8 Å². The predicted octanol–water partition coefficient (Wildman–Crippen LogP) is -3.02. The minimum atomic E-state index is -1.40. The fraction of sp³-hybridized carbons (Fsp3) is 0.303. The molecule has 2 aliphatic heterocycles. The quantitative estimate of drug-likeness (QED) is 0.0921. The van der Waals surface area contributed by atoms with Gasteiger partial charge in [-0.15, -0.1) is 11.8 Å². The van der Waals surface area contributed by atoms with Gasteiger partial charge in [0, 0.05) is 23.1 Å². The molecule has 0 aliphatic carbocycles. The molecule has 0 spiro atoms. The van der Waals surface area contributed by atoms with Crippen LogP contribution >= 0.6 is 11.8 Å². The molecule has 3 heterocycles. The topological polar surface area (TPSA) is 230 Å². The first-order chi connectivity index (χ1) is 23.1. The molecular formula is C33H33N6NaO9S. The number of carboxylic acids is 1. The summed E-state index contributed by atoms with van der Waals surface area (Å²) in [4.78, 5) is 92.0. The molecule has 3 aromatic rings. The maximum Gasteiger partial charge on any atom is 1.00 e. The standard InChI is InChI=1S/C33H34N6O9S.Na/c1-15(34-16(2)40)26(42)35-19-9-5-17(6-10-19)22-14-13-21(27(43)36-22)28(44)37-23(18-7-11-20(41)12-8-18)29(45)38-24-30(46)39-25(32(47)48)33(3,4)49-31(24)39;/h5-15,23-25,31,41H,1-4H3,(H,34,40)(H,35,42)(H,36,43)(H,37,44)(H,38,45)(H,47,48);/q;+1/p-1/t15?,23?,24-,25-,31-;/m0./s1. The van der Waals surface area contributed by atoms with Crippen LogP contribution in [-0.2, 0) is 24.0 Å². The number of nitrogens with zero attached hydrogens (tertiary/aromatic N) is 1. The van der Waals surface area contributed by atoms with E-state index in [4.69, 9.17) is 0 Å². The summed E-state index contributed by atoms with van der Waals surface area (Å²) in [6.07, 6.45) is 0. The van der Waals surface area contributed by atoms with Crippen molar-refractivity contribution in [3.63, 3.8) is 0 Å². The molecule has 1 aromatic heterocycles. The van der Waals surface area contributed by atoms with E-state index < -0.39 is 69.4 Å². The van der Waals surface area contributed by atoms with Crippen molar-refractivity contribution in [1.82, 2.24) is 25.8 Å². The van der Waals surface area contributed by atoms with Gasteiger partial charge in [0.1, 0.15) is 34.8 Å². The minimum Gasteiger partial charge on any atom is -0.548 e. The van der Waals surface area contributed by atoms with Crippen LogP contribution in [0.15, 0.2) is 65.5 Å². The molecule has 6 N–H and O–H groups in total. The van der Waals surface area contributed by atoms with Gasteiger partial charge in [-0.05, 0) is 68.3 Å². The number of carbonyl (C=O) groups excluding carboxylic acids is 6. The van der Waals surface area contributed by atoms with Gasteiger partial charge in [0.25, 0.3) is 11.5 Å². The molecule has 0 bridgehead atoms. The van der Waals surface area contributed by atoms with E-state index >= 15 is 0 Å². The summed E-state index contributed by atoms with van der Waals surface area (Å²) in [5.41, 5.74) is 0.542. The van der Waals surface area contributed by atoms with E-state index in [0.29, 0.717) is 16.9 Å². The number of fused-ring (bicyclic) bond motifs is 1. The second-order valence-electron chi connectivity index (χ2n) is 12.2. The average Bonchev–Trinajstić information content (AvgIpc) is 3.30. The number of benzene rings is 2. The molecule has 2 aliphatic rings. The summed E-state index contributed by atoms with van der Waals surface area (Å²) in [5.74, 6) is -4.57. The molecule has 2 saturated heterocycles. The Hall–Kier alpha value is -4.64. The zero-order valence-corrected chi connectivity index (χ0v) is 30.5. The predicted molar refractivity (Wildman–Crippen MR) is 176 cm³/mol. The van der Waals surface area contributed by atoms with Crippen LogP contribution in [0.2, 0.25) is 0 Å². The number of aromatic amines is 1. The van der Waals surface area contributed by atoms with Gasteiger partial charge in [0.2, 0.25) is 23.6 Å². The van der Waals surface area contributed by atoms with E-state index in [1.54, 1.807) is 45.0 Å². The van der Waals surface area contributed by atoms with Gasteiger partial charge in [0.15, 0.2) is 0 Å². The SMILES string of the molecule is CC(=O)NC(C)C(=O)Nc1ccc(-c2ccc(C(=O)NC(C(=O)N[C@H]3C(=O)N4[C@@H](C(=O)[O-])C(C)(C)S[C@@H]34)c3ccc(O)cc3)c(=O)[nH]2)cc1.[Na+]. The number of aromatic hydroxyl groups is 1. The number of hydrogen-bond donors (Lipinski definition) is 6. The number of thioether (sulfide) groups is 1. The Morgan fingerprint density at radius 1 is 0.940 bits per heavy atom. The molecule has 5 amide bonds. The second kappa shape index (κ2) is 15.1. The Morgan fingerprint density at radius 3 is 2.16 bits per heavy atom. The number of anilines is 1. The first-order valence-electron chi connectivity index (χ1n) is 15.1. The first-order valence-corrected chi connectivity index (χ1v) is 16.0. The Kier molecular flexibility index (Phi) is 11.5. The largest absolute Gasteiger partial charge is 1.00 e. The van der Waals surface area contributed by atoms with Crippen molar-refractivity contribution in [2.75, 3.05) is 5.32 Å². The van der Waals surface area contributed by atoms with Crippen molar-refractivity contribution in [2.45, 2.75) is 62.0 Å². The van der Waals surface area contributed by atoms with E-state index in [1.807, 2.05) is 0 Å². The monoisotopic (exact) mass is 712 g/mol. The van der Waals surface area contributed by atoms with Gasteiger partial charge in [-0.25, -0.2) is 0 Å². The summed E-state index contributed by atoms with van der Waals surface area (Å²) in [7, 11) is 0. The molecule has 50 heavy (non-hydrogen) atoms. The smallest absolute Gasteiger partial charge is 0.548 e. The van der Waals surface area contributed by atoms with Crippen molar-refractivity contribution in [3.05, 3.63) is 82.1 Å². The van der Waals surface area contributed by atoms with Crippen LogP contribution in [-0.4, -0.2) is 78.7 Å². The molecule has 2 unspecified atom stereocenters. The van der Waals surface area contributed by atoms with Gasteiger partial charge in [-0.2, -0.15) is 0 Å². The van der Waals surface area contributed by atoms with Crippen LogP contribution in [0.4, 0.5) is 5.69 Å². The number of amides is 5. The Morgan fingerprint density at radius 2 is 1.58 bits per heavy atom. The number of nitrogens with one attached hydrogen (secondary N) is 5. The van der Waals surface area contributed by atoms with Gasteiger partial charge < -0.3 is 46.2 Å².